The van der Waals surface area contributed by atoms with Crippen LogP contribution in [-0.2, 0) is 4.79 Å². The van der Waals surface area contributed by atoms with Crippen LogP contribution in [0.5, 0.6) is 0 Å². The molecule has 0 radical (unpaired) electrons. The molecule has 40 heavy (non-hydrogen) atoms. The van der Waals surface area contributed by atoms with Gasteiger partial charge in [0.2, 0.25) is 0 Å². The minimum atomic E-state index is -0.892. The molecule has 204 valence electrons. The van der Waals surface area contributed by atoms with Gasteiger partial charge in [0.1, 0.15) is 11.0 Å². The van der Waals surface area contributed by atoms with Crippen molar-refractivity contribution in [2.24, 2.45) is 10.8 Å². The van der Waals surface area contributed by atoms with E-state index in [-0.39, 0.29) is 43.8 Å². The number of aryl methyl sites for hydroxylation is 2. The van der Waals surface area contributed by atoms with Gasteiger partial charge in [-0.3, -0.25) is 24.4 Å². The summed E-state index contributed by atoms with van der Waals surface area (Å²) in [7, 11) is 0. The number of ketones is 1. The fourth-order valence-corrected chi connectivity index (χ4v) is 7.66. The Balaban J connectivity index is 1.30. The second-order valence-electron chi connectivity index (χ2n) is 11.4. The van der Waals surface area contributed by atoms with Gasteiger partial charge in [-0.15, -0.1) is 0 Å². The van der Waals surface area contributed by atoms with E-state index in [4.69, 9.17) is 0 Å². The Morgan fingerprint density at radius 3 is 1.48 bits per heavy atom. The maximum absolute atomic E-state index is 13.8. The third kappa shape index (κ3) is 4.54. The summed E-state index contributed by atoms with van der Waals surface area (Å²) in [5, 5.41) is 0. The van der Waals surface area contributed by atoms with Crippen LogP contribution in [0, 0.1) is 31.8 Å². The second kappa shape index (κ2) is 9.64. The van der Waals surface area contributed by atoms with Crippen molar-refractivity contribution in [1.29, 1.82) is 0 Å². The van der Waals surface area contributed by atoms with E-state index in [0.717, 1.165) is 29.6 Å². The smallest absolute Gasteiger partial charge is 0.254 e. The molecule has 0 N–H and O–H groups in total. The fourth-order valence-electron chi connectivity index (χ4n) is 6.16. The van der Waals surface area contributed by atoms with E-state index in [1.54, 1.807) is 34.3 Å². The first kappa shape index (κ1) is 27.4. The number of fused-ring (bicyclic) bond motifs is 4. The molecule has 2 aromatic heterocycles. The zero-order chi connectivity index (χ0) is 28.6. The standard InChI is InChI=1S/C29H26I2N6O3/c1-15-9-32-23-19(30)5-17(7-21(23)34-15)25(38)36-11-28(3)13-37(14-29(4,12-36)27(28)40)26(39)18-6-20(31)24-22(8-18)35-16(2)10-33-24/h5-10H,11-14H2,1-4H3. The Bertz CT molecular complexity index is 1640. The van der Waals surface area contributed by atoms with Gasteiger partial charge in [-0.1, -0.05) is 0 Å². The van der Waals surface area contributed by atoms with Gasteiger partial charge in [0.15, 0.2) is 5.78 Å². The van der Waals surface area contributed by atoms with Crippen molar-refractivity contribution < 1.29 is 14.4 Å². The van der Waals surface area contributed by atoms with Crippen LogP contribution in [-0.4, -0.2) is 73.5 Å². The fraction of sp³-hybridized carbons (Fsp3) is 0.345. The second-order valence-corrected chi connectivity index (χ2v) is 13.8. The van der Waals surface area contributed by atoms with Gasteiger partial charge in [-0.05, 0) is 97.1 Å². The molecular formula is C29H26I2N6O3. The van der Waals surface area contributed by atoms with Gasteiger partial charge in [-0.2, -0.15) is 0 Å². The molecule has 0 atom stereocenters. The molecule has 2 bridgehead atoms. The Morgan fingerprint density at radius 1 is 0.725 bits per heavy atom. The molecule has 2 fully saturated rings. The zero-order valence-electron chi connectivity index (χ0n) is 22.5. The molecule has 6 rings (SSSR count). The lowest BCUT2D eigenvalue weighted by Crippen LogP contribution is -2.69. The number of aromatic nitrogens is 4. The summed E-state index contributed by atoms with van der Waals surface area (Å²) >= 11 is 4.36. The van der Waals surface area contributed by atoms with E-state index in [0.29, 0.717) is 22.2 Å². The lowest BCUT2D eigenvalue weighted by atomic mass is 9.64. The van der Waals surface area contributed by atoms with Crippen molar-refractivity contribution in [2.45, 2.75) is 27.7 Å². The van der Waals surface area contributed by atoms with Crippen molar-refractivity contribution in [2.75, 3.05) is 26.2 Å². The lowest BCUT2D eigenvalue weighted by molar-refractivity contribution is -0.153. The van der Waals surface area contributed by atoms with Gasteiger partial charge in [0, 0.05) is 56.8 Å². The number of amides is 2. The number of carbonyl (C=O) groups excluding carboxylic acids is 3. The minimum absolute atomic E-state index is 0.0947. The number of Topliss-reactive ketones (excluding diaryl/α,β-unsaturated/α-hetero) is 1. The highest BCUT2D eigenvalue weighted by Crippen LogP contribution is 2.43. The third-order valence-electron chi connectivity index (χ3n) is 7.77. The number of carbonyl (C=O) groups is 3. The Labute approximate surface area is 258 Å². The summed E-state index contributed by atoms with van der Waals surface area (Å²) in [5.41, 5.74) is 3.66. The summed E-state index contributed by atoms with van der Waals surface area (Å²) in [6, 6.07) is 7.21. The van der Waals surface area contributed by atoms with Gasteiger partial charge in [0.25, 0.3) is 11.8 Å². The first-order chi connectivity index (χ1) is 18.9. The number of likely N-dealkylation sites (tertiary alicyclic amines) is 2. The minimum Gasteiger partial charge on any atom is -0.337 e. The Morgan fingerprint density at radius 2 is 1.10 bits per heavy atom. The summed E-state index contributed by atoms with van der Waals surface area (Å²) in [6.45, 7) is 8.40. The molecule has 2 aromatic carbocycles. The van der Waals surface area contributed by atoms with E-state index in [2.05, 4.69) is 65.1 Å². The predicted molar refractivity (Wildman–Crippen MR) is 167 cm³/mol. The topological polar surface area (TPSA) is 109 Å². The van der Waals surface area contributed by atoms with Crippen molar-refractivity contribution in [1.82, 2.24) is 29.7 Å². The molecule has 0 aliphatic carbocycles. The van der Waals surface area contributed by atoms with Crippen LogP contribution in [0.15, 0.2) is 36.7 Å². The van der Waals surface area contributed by atoms with E-state index < -0.39 is 10.8 Å². The Kier molecular flexibility index (Phi) is 6.59. The highest BCUT2D eigenvalue weighted by atomic mass is 127. The first-order valence-corrected chi connectivity index (χ1v) is 15.0. The average molecular weight is 760 g/mol. The number of halogens is 2. The lowest BCUT2D eigenvalue weighted by Gasteiger charge is -2.55. The molecule has 2 aliphatic heterocycles. The quantitative estimate of drug-likeness (QED) is 0.275. The van der Waals surface area contributed by atoms with Crippen molar-refractivity contribution >= 4 is 84.8 Å². The molecule has 2 amide bonds. The zero-order valence-corrected chi connectivity index (χ0v) is 26.8. The van der Waals surface area contributed by atoms with Gasteiger partial charge >= 0.3 is 0 Å². The molecule has 0 spiro atoms. The molecule has 4 aromatic rings. The van der Waals surface area contributed by atoms with E-state index in [1.807, 2.05) is 39.8 Å². The number of hydrogen-bond acceptors (Lipinski definition) is 7. The maximum atomic E-state index is 13.8. The molecule has 2 saturated heterocycles. The van der Waals surface area contributed by atoms with Crippen LogP contribution in [0.1, 0.15) is 46.0 Å². The van der Waals surface area contributed by atoms with Gasteiger partial charge < -0.3 is 9.80 Å². The van der Waals surface area contributed by atoms with Crippen LogP contribution in [0.25, 0.3) is 22.1 Å². The summed E-state index contributed by atoms with van der Waals surface area (Å²) < 4.78 is 1.69. The average Bonchev–Trinajstić information content (AvgIpc) is 2.88. The van der Waals surface area contributed by atoms with Crippen LogP contribution >= 0.6 is 45.2 Å². The number of hydrogen-bond donors (Lipinski definition) is 0. The third-order valence-corrected chi connectivity index (χ3v) is 9.41. The number of rotatable bonds is 2. The molecule has 2 aliphatic rings. The maximum Gasteiger partial charge on any atom is 0.254 e. The Hall–Kier alpha value is -2.81. The predicted octanol–water partition coefficient (Wildman–Crippen LogP) is 4.59. The number of piperidine rings is 2. The van der Waals surface area contributed by atoms with E-state index >= 15 is 0 Å². The molecule has 9 nitrogen and oxygen atoms in total. The highest BCUT2D eigenvalue weighted by molar-refractivity contribution is 14.1. The van der Waals surface area contributed by atoms with Crippen LogP contribution in [0.4, 0.5) is 0 Å². The van der Waals surface area contributed by atoms with E-state index in [9.17, 15) is 14.4 Å². The highest BCUT2D eigenvalue weighted by Gasteiger charge is 2.57. The van der Waals surface area contributed by atoms with E-state index in [1.165, 1.54) is 0 Å². The van der Waals surface area contributed by atoms with Crippen LogP contribution in [0.2, 0.25) is 0 Å². The molecule has 0 saturated carbocycles. The van der Waals surface area contributed by atoms with Crippen molar-refractivity contribution in [3.8, 4) is 0 Å². The van der Waals surface area contributed by atoms with Gasteiger partial charge in [-0.25, -0.2) is 9.97 Å². The largest absolute Gasteiger partial charge is 0.337 e. The number of nitrogens with zero attached hydrogens (tertiary/aromatic N) is 6. The van der Waals surface area contributed by atoms with Crippen molar-refractivity contribution in [3.63, 3.8) is 0 Å². The molecular weight excluding hydrogens is 734 g/mol. The molecule has 4 heterocycles. The van der Waals surface area contributed by atoms with Crippen molar-refractivity contribution in [3.05, 3.63) is 66.3 Å². The van der Waals surface area contributed by atoms with Crippen LogP contribution < -0.4 is 0 Å². The van der Waals surface area contributed by atoms with Gasteiger partial charge in [0.05, 0.1) is 33.3 Å². The molecule has 0 unspecified atom stereocenters. The first-order valence-electron chi connectivity index (χ1n) is 12.9. The number of benzene rings is 2. The summed E-state index contributed by atoms with van der Waals surface area (Å²) in [4.78, 5) is 62.9. The summed E-state index contributed by atoms with van der Waals surface area (Å²) in [6.07, 6.45) is 3.43. The summed E-state index contributed by atoms with van der Waals surface area (Å²) in [5.74, 6) is -0.200. The van der Waals surface area contributed by atoms with Crippen LogP contribution in [0.3, 0.4) is 0 Å². The molecule has 11 heteroatoms. The SMILES string of the molecule is Cc1cnc2c(I)cc(C(=O)N3CC4(C)CN(C(=O)c5cc(I)c6ncc(C)nc6c5)CC(C)(C3)C4=O)cc2n1. The normalized spacial score (nSPS) is 22.7. The monoisotopic (exact) mass is 760 g/mol.